The van der Waals surface area contributed by atoms with Crippen LogP contribution >= 0.6 is 0 Å². The van der Waals surface area contributed by atoms with Crippen molar-refractivity contribution < 1.29 is 9.53 Å². The second-order valence-electron chi connectivity index (χ2n) is 7.72. The van der Waals surface area contributed by atoms with Gasteiger partial charge in [0.05, 0.1) is 6.61 Å². The molecule has 1 fully saturated rings. The number of amides is 1. The van der Waals surface area contributed by atoms with Crippen LogP contribution in [0.15, 0.2) is 30.5 Å². The van der Waals surface area contributed by atoms with E-state index in [0.717, 1.165) is 42.8 Å². The smallest absolute Gasteiger partial charge is 0.251 e. The van der Waals surface area contributed by atoms with E-state index in [9.17, 15) is 4.79 Å². The lowest BCUT2D eigenvalue weighted by Gasteiger charge is -2.30. The lowest BCUT2D eigenvalue weighted by molar-refractivity contribution is 0.0926. The molecule has 156 valence electrons. The zero-order chi connectivity index (χ0) is 20.8. The molecule has 0 aliphatic heterocycles. The molecule has 7 heteroatoms. The SMILES string of the molecule is CCOc1ccc(C(=O)NC2CCC(Nc3ncc(C)c(N(C)C)n3)CC2)cc1. The normalized spacial score (nSPS) is 18.8. The second-order valence-corrected chi connectivity index (χ2v) is 7.72. The quantitative estimate of drug-likeness (QED) is 0.745. The molecule has 3 rings (SSSR count). The third-order valence-electron chi connectivity index (χ3n) is 5.19. The molecule has 0 bridgehead atoms. The topological polar surface area (TPSA) is 79.4 Å². The average Bonchev–Trinajstić information content (AvgIpc) is 2.71. The molecule has 1 saturated carbocycles. The van der Waals surface area contributed by atoms with Gasteiger partial charge >= 0.3 is 0 Å². The number of hydrogen-bond donors (Lipinski definition) is 2. The minimum atomic E-state index is -0.0260. The molecule has 0 atom stereocenters. The Morgan fingerprint density at radius 2 is 1.79 bits per heavy atom. The largest absolute Gasteiger partial charge is 0.494 e. The molecule has 2 aromatic rings. The average molecular weight is 398 g/mol. The summed E-state index contributed by atoms with van der Waals surface area (Å²) < 4.78 is 5.43. The van der Waals surface area contributed by atoms with Crippen molar-refractivity contribution in [3.8, 4) is 5.75 Å². The molecule has 0 unspecified atom stereocenters. The first kappa shape index (κ1) is 20.9. The summed E-state index contributed by atoms with van der Waals surface area (Å²) >= 11 is 0. The number of ether oxygens (including phenoxy) is 1. The highest BCUT2D eigenvalue weighted by Gasteiger charge is 2.23. The van der Waals surface area contributed by atoms with E-state index >= 15 is 0 Å². The molecule has 1 aliphatic rings. The van der Waals surface area contributed by atoms with Crippen molar-refractivity contribution in [1.82, 2.24) is 15.3 Å². The number of nitrogens with one attached hydrogen (secondary N) is 2. The molecule has 0 spiro atoms. The number of benzene rings is 1. The standard InChI is InChI=1S/C22H31N5O2/c1-5-29-19-12-6-16(7-13-19)21(28)24-17-8-10-18(11-9-17)25-22-23-14-15(2)20(26-22)27(3)4/h6-7,12-14,17-18H,5,8-11H2,1-4H3,(H,24,28)(H,23,25,26). The third kappa shape index (κ3) is 5.59. The summed E-state index contributed by atoms with van der Waals surface area (Å²) in [7, 11) is 3.97. The molecule has 0 saturated heterocycles. The van der Waals surface area contributed by atoms with Gasteiger partial charge in [-0.3, -0.25) is 4.79 Å². The number of nitrogens with zero attached hydrogens (tertiary/aromatic N) is 3. The van der Waals surface area contributed by atoms with E-state index < -0.39 is 0 Å². The van der Waals surface area contributed by atoms with Crippen LogP contribution in [-0.2, 0) is 0 Å². The summed E-state index contributed by atoms with van der Waals surface area (Å²) in [5.74, 6) is 2.35. The minimum absolute atomic E-state index is 0.0260. The fraction of sp³-hybridized carbons (Fsp3) is 0.500. The van der Waals surface area contributed by atoms with Gasteiger partial charge in [0, 0.05) is 43.5 Å². The predicted octanol–water partition coefficient (Wildman–Crippen LogP) is 3.40. The zero-order valence-corrected chi connectivity index (χ0v) is 17.7. The predicted molar refractivity (Wildman–Crippen MR) is 116 cm³/mol. The molecule has 2 N–H and O–H groups in total. The van der Waals surface area contributed by atoms with Crippen molar-refractivity contribution in [3.05, 3.63) is 41.6 Å². The van der Waals surface area contributed by atoms with Gasteiger partial charge in [-0.2, -0.15) is 4.98 Å². The first-order valence-electron chi connectivity index (χ1n) is 10.3. The lowest BCUT2D eigenvalue weighted by Crippen LogP contribution is -2.40. The van der Waals surface area contributed by atoms with E-state index in [-0.39, 0.29) is 11.9 Å². The molecule has 1 aliphatic carbocycles. The van der Waals surface area contributed by atoms with Crippen LogP contribution in [0.4, 0.5) is 11.8 Å². The summed E-state index contributed by atoms with van der Waals surface area (Å²) in [5.41, 5.74) is 1.72. The van der Waals surface area contributed by atoms with Crippen molar-refractivity contribution in [3.63, 3.8) is 0 Å². The van der Waals surface area contributed by atoms with Crippen LogP contribution in [0.5, 0.6) is 5.75 Å². The molecule has 1 amide bonds. The summed E-state index contributed by atoms with van der Waals surface area (Å²) in [4.78, 5) is 23.5. The van der Waals surface area contributed by atoms with E-state index in [2.05, 4.69) is 20.6 Å². The van der Waals surface area contributed by atoms with Crippen molar-refractivity contribution >= 4 is 17.7 Å². The number of rotatable bonds is 7. The van der Waals surface area contributed by atoms with Gasteiger partial charge in [-0.1, -0.05) is 0 Å². The van der Waals surface area contributed by atoms with Crippen LogP contribution < -0.4 is 20.3 Å². The van der Waals surface area contributed by atoms with Gasteiger partial charge in [0.25, 0.3) is 5.91 Å². The lowest BCUT2D eigenvalue weighted by atomic mass is 9.91. The number of aromatic nitrogens is 2. The fourth-order valence-electron chi connectivity index (χ4n) is 3.66. The Morgan fingerprint density at radius 3 is 2.41 bits per heavy atom. The van der Waals surface area contributed by atoms with E-state index in [0.29, 0.717) is 24.2 Å². The van der Waals surface area contributed by atoms with Gasteiger partial charge in [-0.25, -0.2) is 4.98 Å². The van der Waals surface area contributed by atoms with E-state index in [1.54, 1.807) is 0 Å². The molecule has 1 aromatic carbocycles. The minimum Gasteiger partial charge on any atom is -0.494 e. The Morgan fingerprint density at radius 1 is 1.14 bits per heavy atom. The molecule has 0 radical (unpaired) electrons. The van der Waals surface area contributed by atoms with Crippen LogP contribution in [0, 0.1) is 6.92 Å². The highest BCUT2D eigenvalue weighted by atomic mass is 16.5. The maximum Gasteiger partial charge on any atom is 0.251 e. The summed E-state index contributed by atoms with van der Waals surface area (Å²) in [6.07, 6.45) is 5.68. The van der Waals surface area contributed by atoms with Crippen molar-refractivity contribution in [2.24, 2.45) is 0 Å². The molecule has 1 aromatic heterocycles. The van der Waals surface area contributed by atoms with E-state index in [1.165, 1.54) is 0 Å². The molecule has 7 nitrogen and oxygen atoms in total. The highest BCUT2D eigenvalue weighted by Crippen LogP contribution is 2.23. The van der Waals surface area contributed by atoms with Gasteiger partial charge in [0.15, 0.2) is 0 Å². The Balaban J connectivity index is 1.49. The van der Waals surface area contributed by atoms with Gasteiger partial charge in [0.1, 0.15) is 11.6 Å². The molecule has 1 heterocycles. The summed E-state index contributed by atoms with van der Waals surface area (Å²) in [6.45, 7) is 4.57. The summed E-state index contributed by atoms with van der Waals surface area (Å²) in [5, 5.41) is 6.61. The first-order chi connectivity index (χ1) is 14.0. The van der Waals surface area contributed by atoms with Crippen LogP contribution in [0.25, 0.3) is 0 Å². The molecular formula is C22H31N5O2. The van der Waals surface area contributed by atoms with Crippen molar-refractivity contribution in [2.75, 3.05) is 30.9 Å². The molecule has 29 heavy (non-hydrogen) atoms. The monoisotopic (exact) mass is 397 g/mol. The fourth-order valence-corrected chi connectivity index (χ4v) is 3.66. The van der Waals surface area contributed by atoms with Crippen LogP contribution in [0.3, 0.4) is 0 Å². The van der Waals surface area contributed by atoms with Gasteiger partial charge in [-0.15, -0.1) is 0 Å². The Hall–Kier alpha value is -2.83. The van der Waals surface area contributed by atoms with Crippen molar-refractivity contribution in [1.29, 1.82) is 0 Å². The van der Waals surface area contributed by atoms with Crippen LogP contribution in [0.1, 0.15) is 48.5 Å². The summed E-state index contributed by atoms with van der Waals surface area (Å²) in [6, 6.07) is 7.82. The number of aryl methyl sites for hydroxylation is 1. The van der Waals surface area contributed by atoms with Crippen LogP contribution in [0.2, 0.25) is 0 Å². The maximum absolute atomic E-state index is 12.5. The van der Waals surface area contributed by atoms with Gasteiger partial charge in [0.2, 0.25) is 5.95 Å². The van der Waals surface area contributed by atoms with Crippen LogP contribution in [-0.4, -0.2) is 48.7 Å². The highest BCUT2D eigenvalue weighted by molar-refractivity contribution is 5.94. The van der Waals surface area contributed by atoms with E-state index in [4.69, 9.17) is 4.74 Å². The first-order valence-corrected chi connectivity index (χ1v) is 10.3. The second kappa shape index (κ2) is 9.58. The van der Waals surface area contributed by atoms with Gasteiger partial charge < -0.3 is 20.3 Å². The maximum atomic E-state index is 12.5. The number of hydrogen-bond acceptors (Lipinski definition) is 6. The molecular weight excluding hydrogens is 366 g/mol. The van der Waals surface area contributed by atoms with E-state index in [1.807, 2.05) is 63.3 Å². The Bertz CT molecular complexity index is 814. The Labute approximate surface area is 172 Å². The zero-order valence-electron chi connectivity index (χ0n) is 17.7. The Kier molecular flexibility index (Phi) is 6.90. The van der Waals surface area contributed by atoms with Crippen molar-refractivity contribution in [2.45, 2.75) is 51.6 Å². The van der Waals surface area contributed by atoms with Gasteiger partial charge in [-0.05, 0) is 63.8 Å². The number of carbonyl (C=O) groups excluding carboxylic acids is 1. The third-order valence-corrected chi connectivity index (χ3v) is 5.19. The number of anilines is 2. The number of carbonyl (C=O) groups is 1.